The van der Waals surface area contributed by atoms with Crippen molar-refractivity contribution < 1.29 is 22.8 Å². The van der Waals surface area contributed by atoms with Crippen LogP contribution in [-0.2, 0) is 6.18 Å². The van der Waals surface area contributed by atoms with Crippen LogP contribution in [0.1, 0.15) is 31.8 Å². The molecule has 6 heteroatoms. The molecule has 0 spiro atoms. The molecule has 0 aliphatic heterocycles. The average Bonchev–Trinajstić information content (AvgIpc) is 2.77. The van der Waals surface area contributed by atoms with E-state index >= 15 is 0 Å². The number of benzene rings is 3. The molecule has 0 aliphatic rings. The Morgan fingerprint density at radius 3 is 2.30 bits per heavy atom. The van der Waals surface area contributed by atoms with Gasteiger partial charge in [-0.3, -0.25) is 9.59 Å². The predicted molar refractivity (Wildman–Crippen MR) is 107 cm³/mol. The molecule has 4 rings (SSSR count). The van der Waals surface area contributed by atoms with Crippen molar-refractivity contribution in [2.45, 2.75) is 6.18 Å². The summed E-state index contributed by atoms with van der Waals surface area (Å²) in [6, 6.07) is 19.9. The highest BCUT2D eigenvalue weighted by atomic mass is 19.4. The highest BCUT2D eigenvalue weighted by molar-refractivity contribution is 6.14. The summed E-state index contributed by atoms with van der Waals surface area (Å²) in [5.41, 5.74) is 0.230. The van der Waals surface area contributed by atoms with Gasteiger partial charge in [-0.25, -0.2) is 4.98 Å². The second-order valence-corrected chi connectivity index (χ2v) is 6.70. The van der Waals surface area contributed by atoms with Crippen molar-refractivity contribution in [1.29, 1.82) is 0 Å². The first-order valence-electron chi connectivity index (χ1n) is 9.05. The summed E-state index contributed by atoms with van der Waals surface area (Å²) in [6.07, 6.45) is -3.97. The normalized spacial score (nSPS) is 11.4. The highest BCUT2D eigenvalue weighted by Crippen LogP contribution is 2.36. The van der Waals surface area contributed by atoms with Crippen LogP contribution in [0, 0.1) is 0 Å². The average molecular weight is 405 g/mol. The Morgan fingerprint density at radius 1 is 0.867 bits per heavy atom. The van der Waals surface area contributed by atoms with E-state index < -0.39 is 11.7 Å². The number of carbonyl (C=O) groups excluding carboxylic acids is 2. The number of hydrogen-bond donors (Lipinski definition) is 0. The van der Waals surface area contributed by atoms with Gasteiger partial charge in [-0.1, -0.05) is 60.7 Å². The van der Waals surface area contributed by atoms with Crippen molar-refractivity contribution in [1.82, 2.24) is 4.98 Å². The quantitative estimate of drug-likeness (QED) is 0.311. The fourth-order valence-corrected chi connectivity index (χ4v) is 3.32. The van der Waals surface area contributed by atoms with Crippen molar-refractivity contribution >= 4 is 23.0 Å². The Bertz CT molecular complexity index is 1260. The Labute approximate surface area is 169 Å². The smallest absolute Gasteiger partial charge is 0.298 e. The van der Waals surface area contributed by atoms with E-state index in [0.717, 1.165) is 6.07 Å². The third-order valence-electron chi connectivity index (χ3n) is 4.73. The lowest BCUT2D eigenvalue weighted by atomic mass is 9.95. The summed E-state index contributed by atoms with van der Waals surface area (Å²) in [5.74, 6) is -0.367. The number of fused-ring (bicyclic) bond motifs is 1. The molecule has 0 atom stereocenters. The van der Waals surface area contributed by atoms with Crippen molar-refractivity contribution in [3.8, 4) is 11.3 Å². The first-order chi connectivity index (χ1) is 14.4. The van der Waals surface area contributed by atoms with Crippen molar-refractivity contribution in [3.05, 3.63) is 101 Å². The first-order valence-corrected chi connectivity index (χ1v) is 9.05. The van der Waals surface area contributed by atoms with Crippen LogP contribution in [0.25, 0.3) is 22.2 Å². The topological polar surface area (TPSA) is 47.0 Å². The largest absolute Gasteiger partial charge is 0.418 e. The minimum absolute atomic E-state index is 0.0942. The fraction of sp³-hybridized carbons (Fsp3) is 0.0417. The number of rotatable bonds is 4. The summed E-state index contributed by atoms with van der Waals surface area (Å²) >= 11 is 0. The second-order valence-electron chi connectivity index (χ2n) is 6.70. The number of ketones is 1. The summed E-state index contributed by atoms with van der Waals surface area (Å²) in [6.45, 7) is 0. The van der Waals surface area contributed by atoms with E-state index in [1.807, 2.05) is 0 Å². The molecule has 1 aromatic heterocycles. The maximum absolute atomic E-state index is 13.5. The van der Waals surface area contributed by atoms with E-state index in [0.29, 0.717) is 23.0 Å². The zero-order chi connectivity index (χ0) is 21.3. The molecule has 0 bridgehead atoms. The summed E-state index contributed by atoms with van der Waals surface area (Å²) in [5, 5.41) is 0.208. The number of halogens is 3. The van der Waals surface area contributed by atoms with E-state index in [-0.39, 0.29) is 27.9 Å². The Balaban J connectivity index is 2.04. The minimum Gasteiger partial charge on any atom is -0.298 e. The van der Waals surface area contributed by atoms with Crippen LogP contribution in [0.2, 0.25) is 0 Å². The summed E-state index contributed by atoms with van der Waals surface area (Å²) < 4.78 is 40.6. The third-order valence-corrected chi connectivity index (χ3v) is 4.73. The zero-order valence-electron chi connectivity index (χ0n) is 15.5. The number of carbonyl (C=O) groups is 2. The molecule has 148 valence electrons. The summed E-state index contributed by atoms with van der Waals surface area (Å²) in [4.78, 5) is 28.7. The van der Waals surface area contributed by atoms with Gasteiger partial charge in [0.1, 0.15) is 6.29 Å². The molecule has 0 saturated heterocycles. The van der Waals surface area contributed by atoms with Gasteiger partial charge in [-0.05, 0) is 18.2 Å². The number of aromatic nitrogens is 1. The Hall–Kier alpha value is -3.80. The molecule has 1 heterocycles. The predicted octanol–water partition coefficient (Wildman–Crippen LogP) is 5.96. The van der Waals surface area contributed by atoms with Crippen LogP contribution in [0.4, 0.5) is 13.2 Å². The number of para-hydroxylation sites is 1. The minimum atomic E-state index is -4.60. The first kappa shape index (κ1) is 19.5. The monoisotopic (exact) mass is 405 g/mol. The number of pyridine rings is 1. The molecule has 0 fully saturated rings. The molecule has 0 radical (unpaired) electrons. The lowest BCUT2D eigenvalue weighted by Gasteiger charge is -2.14. The van der Waals surface area contributed by atoms with Crippen molar-refractivity contribution in [2.75, 3.05) is 0 Å². The molecule has 0 N–H and O–H groups in total. The number of alkyl halides is 3. The van der Waals surface area contributed by atoms with Gasteiger partial charge in [0.05, 0.1) is 16.8 Å². The zero-order valence-corrected chi connectivity index (χ0v) is 15.5. The number of aldehydes is 1. The number of hydrogen-bond acceptors (Lipinski definition) is 3. The van der Waals surface area contributed by atoms with E-state index in [9.17, 15) is 22.8 Å². The Morgan fingerprint density at radius 2 is 1.60 bits per heavy atom. The fourth-order valence-electron chi connectivity index (χ4n) is 3.32. The molecule has 0 amide bonds. The van der Waals surface area contributed by atoms with Crippen LogP contribution < -0.4 is 0 Å². The standard InChI is InChI=1S/C24H14F3NO2/c25-24(26,27)20-11-5-10-18-13-19(23(30)16-7-2-1-3-8-16)21(28-22(18)20)17-9-4-6-15(12-17)14-29/h1-14H. The molecule has 0 saturated carbocycles. The molecular weight excluding hydrogens is 391 g/mol. The van der Waals surface area contributed by atoms with Crippen LogP contribution in [0.3, 0.4) is 0 Å². The summed E-state index contributed by atoms with van der Waals surface area (Å²) in [7, 11) is 0. The third kappa shape index (κ3) is 3.59. The van der Waals surface area contributed by atoms with E-state index in [1.54, 1.807) is 48.5 Å². The maximum Gasteiger partial charge on any atom is 0.418 e. The van der Waals surface area contributed by atoms with Crippen molar-refractivity contribution in [2.24, 2.45) is 0 Å². The van der Waals surface area contributed by atoms with E-state index in [1.165, 1.54) is 24.3 Å². The van der Waals surface area contributed by atoms with Crippen LogP contribution in [0.15, 0.2) is 78.9 Å². The van der Waals surface area contributed by atoms with Crippen LogP contribution >= 0.6 is 0 Å². The molecule has 3 nitrogen and oxygen atoms in total. The lowest BCUT2D eigenvalue weighted by Crippen LogP contribution is -2.09. The van der Waals surface area contributed by atoms with Gasteiger partial charge >= 0.3 is 6.18 Å². The van der Waals surface area contributed by atoms with E-state index in [2.05, 4.69) is 4.98 Å². The van der Waals surface area contributed by atoms with Gasteiger partial charge in [0.25, 0.3) is 0 Å². The molecule has 4 aromatic rings. The van der Waals surface area contributed by atoms with Crippen LogP contribution in [-0.4, -0.2) is 17.1 Å². The Kier molecular flexibility index (Phi) is 4.91. The van der Waals surface area contributed by atoms with E-state index in [4.69, 9.17) is 0 Å². The molecule has 0 aliphatic carbocycles. The number of nitrogens with zero attached hydrogens (tertiary/aromatic N) is 1. The molecule has 3 aromatic carbocycles. The van der Waals surface area contributed by atoms with Gasteiger partial charge in [-0.15, -0.1) is 0 Å². The van der Waals surface area contributed by atoms with Gasteiger partial charge in [0.2, 0.25) is 0 Å². The molecule has 30 heavy (non-hydrogen) atoms. The van der Waals surface area contributed by atoms with Gasteiger partial charge in [0, 0.05) is 27.6 Å². The lowest BCUT2D eigenvalue weighted by molar-refractivity contribution is -0.136. The second kappa shape index (κ2) is 7.55. The molecular formula is C24H14F3NO2. The SMILES string of the molecule is O=Cc1cccc(-c2nc3c(C(F)(F)F)cccc3cc2C(=O)c2ccccc2)c1. The van der Waals surface area contributed by atoms with Gasteiger partial charge in [-0.2, -0.15) is 13.2 Å². The van der Waals surface area contributed by atoms with Gasteiger partial charge in [0.15, 0.2) is 5.78 Å². The maximum atomic E-state index is 13.5. The highest BCUT2D eigenvalue weighted by Gasteiger charge is 2.33. The molecule has 0 unspecified atom stereocenters. The van der Waals surface area contributed by atoms with Crippen LogP contribution in [0.5, 0.6) is 0 Å². The van der Waals surface area contributed by atoms with Gasteiger partial charge < -0.3 is 0 Å². The van der Waals surface area contributed by atoms with Crippen molar-refractivity contribution in [3.63, 3.8) is 0 Å².